The van der Waals surface area contributed by atoms with Gasteiger partial charge in [0.25, 0.3) is 0 Å². The average molecular weight is 348 g/mol. The molecule has 0 fully saturated rings. The van der Waals surface area contributed by atoms with E-state index in [1.165, 1.54) is 6.07 Å². The standard InChI is InChI=1S/C15H19Cl2NO4/c1-15(2,3)22-14(21)18-7-6-10(13(19)20)9-4-5-11(16)12(17)8-9/h4-5,8,10H,6-7H2,1-3H3,(H,18,21)(H,19,20). The number of carbonyl (C=O) groups is 2. The molecular weight excluding hydrogens is 329 g/mol. The van der Waals surface area contributed by atoms with Crippen molar-refractivity contribution in [3.05, 3.63) is 33.8 Å². The first kappa shape index (κ1) is 18.6. The van der Waals surface area contributed by atoms with E-state index in [4.69, 9.17) is 27.9 Å². The van der Waals surface area contributed by atoms with E-state index < -0.39 is 23.6 Å². The zero-order chi connectivity index (χ0) is 16.9. The van der Waals surface area contributed by atoms with Crippen LogP contribution in [0.2, 0.25) is 10.0 Å². The molecule has 7 heteroatoms. The zero-order valence-corrected chi connectivity index (χ0v) is 14.2. The first-order chi connectivity index (χ1) is 10.1. The molecule has 0 spiro atoms. The Kier molecular flexibility index (Phi) is 6.50. The molecule has 5 nitrogen and oxygen atoms in total. The van der Waals surface area contributed by atoms with Gasteiger partial charge in [-0.2, -0.15) is 0 Å². The summed E-state index contributed by atoms with van der Waals surface area (Å²) in [6.45, 7) is 5.43. The predicted molar refractivity (Wildman–Crippen MR) is 85.7 cm³/mol. The van der Waals surface area contributed by atoms with Gasteiger partial charge in [-0.1, -0.05) is 29.3 Å². The van der Waals surface area contributed by atoms with E-state index in [1.54, 1.807) is 32.9 Å². The largest absolute Gasteiger partial charge is 0.481 e. The van der Waals surface area contributed by atoms with Crippen molar-refractivity contribution in [1.82, 2.24) is 5.32 Å². The lowest BCUT2D eigenvalue weighted by Gasteiger charge is -2.20. The fourth-order valence-electron chi connectivity index (χ4n) is 1.79. The third-order valence-electron chi connectivity index (χ3n) is 2.75. The lowest BCUT2D eigenvalue weighted by atomic mass is 9.96. The highest BCUT2D eigenvalue weighted by Gasteiger charge is 2.21. The molecule has 1 amide bonds. The van der Waals surface area contributed by atoms with Gasteiger partial charge in [-0.05, 0) is 44.9 Å². The second kappa shape index (κ2) is 7.70. The second-order valence-corrected chi connectivity index (χ2v) is 6.60. The van der Waals surface area contributed by atoms with Crippen molar-refractivity contribution in [2.45, 2.75) is 38.7 Å². The number of rotatable bonds is 5. The third kappa shape index (κ3) is 6.12. The maximum atomic E-state index is 11.5. The topological polar surface area (TPSA) is 75.6 Å². The van der Waals surface area contributed by atoms with Crippen LogP contribution in [0.4, 0.5) is 4.79 Å². The number of carboxylic acid groups (broad SMARTS) is 1. The Balaban J connectivity index is 2.64. The van der Waals surface area contributed by atoms with E-state index >= 15 is 0 Å². The van der Waals surface area contributed by atoms with E-state index in [9.17, 15) is 14.7 Å². The van der Waals surface area contributed by atoms with E-state index in [1.807, 2.05) is 0 Å². The molecular formula is C15H19Cl2NO4. The van der Waals surface area contributed by atoms with Crippen LogP contribution >= 0.6 is 23.2 Å². The first-order valence-corrected chi connectivity index (χ1v) is 7.50. The van der Waals surface area contributed by atoms with Gasteiger partial charge in [0, 0.05) is 6.54 Å². The third-order valence-corrected chi connectivity index (χ3v) is 3.48. The number of carbonyl (C=O) groups excluding carboxylic acids is 1. The number of aliphatic carboxylic acids is 1. The summed E-state index contributed by atoms with van der Waals surface area (Å²) in [6.07, 6.45) is -0.363. The zero-order valence-electron chi connectivity index (χ0n) is 12.7. The maximum absolute atomic E-state index is 11.5. The Morgan fingerprint density at radius 1 is 1.27 bits per heavy atom. The smallest absolute Gasteiger partial charge is 0.407 e. The van der Waals surface area contributed by atoms with Crippen LogP contribution in [0.1, 0.15) is 38.7 Å². The number of hydrogen-bond donors (Lipinski definition) is 2. The molecule has 1 aromatic carbocycles. The Hall–Kier alpha value is -1.46. The number of ether oxygens (including phenoxy) is 1. The van der Waals surface area contributed by atoms with Gasteiger partial charge in [-0.3, -0.25) is 4.79 Å². The number of carboxylic acids is 1. The molecule has 122 valence electrons. The minimum Gasteiger partial charge on any atom is -0.481 e. The summed E-state index contributed by atoms with van der Waals surface area (Å²) in [7, 11) is 0. The number of hydrogen-bond acceptors (Lipinski definition) is 3. The maximum Gasteiger partial charge on any atom is 0.407 e. The van der Waals surface area contributed by atoms with Gasteiger partial charge in [-0.25, -0.2) is 4.79 Å². The summed E-state index contributed by atoms with van der Waals surface area (Å²) in [5, 5.41) is 12.5. The molecule has 0 aromatic heterocycles. The van der Waals surface area contributed by atoms with Crippen LogP contribution in [0, 0.1) is 0 Å². The van der Waals surface area contributed by atoms with Crippen molar-refractivity contribution < 1.29 is 19.4 Å². The molecule has 22 heavy (non-hydrogen) atoms. The SMILES string of the molecule is CC(C)(C)OC(=O)NCCC(C(=O)O)c1ccc(Cl)c(Cl)c1. The molecule has 1 atom stereocenters. The fourth-order valence-corrected chi connectivity index (χ4v) is 2.10. The molecule has 0 bridgehead atoms. The van der Waals surface area contributed by atoms with Crippen LogP contribution in [0.3, 0.4) is 0 Å². The molecule has 0 aliphatic heterocycles. The monoisotopic (exact) mass is 347 g/mol. The van der Waals surface area contributed by atoms with Crippen LogP contribution in [-0.4, -0.2) is 29.3 Å². The lowest BCUT2D eigenvalue weighted by Crippen LogP contribution is -2.33. The van der Waals surface area contributed by atoms with Crippen LogP contribution in [0.15, 0.2) is 18.2 Å². The molecule has 0 saturated carbocycles. The number of halogens is 2. The Morgan fingerprint density at radius 3 is 2.41 bits per heavy atom. The van der Waals surface area contributed by atoms with Crippen LogP contribution in [0.25, 0.3) is 0 Å². The summed E-state index contributed by atoms with van der Waals surface area (Å²) in [4.78, 5) is 22.9. The minimum absolute atomic E-state index is 0.173. The number of alkyl carbamates (subject to hydrolysis) is 1. The van der Waals surface area contributed by atoms with E-state index in [0.717, 1.165) is 0 Å². The predicted octanol–water partition coefficient (Wildman–Crippen LogP) is 4.08. The van der Waals surface area contributed by atoms with Crippen molar-refractivity contribution in [1.29, 1.82) is 0 Å². The Morgan fingerprint density at radius 2 is 1.91 bits per heavy atom. The fraction of sp³-hybridized carbons (Fsp3) is 0.467. The van der Waals surface area contributed by atoms with Crippen molar-refractivity contribution in [3.8, 4) is 0 Å². The van der Waals surface area contributed by atoms with Gasteiger partial charge < -0.3 is 15.2 Å². The average Bonchev–Trinajstić information content (AvgIpc) is 2.35. The van der Waals surface area contributed by atoms with Crippen LogP contribution in [-0.2, 0) is 9.53 Å². The number of amides is 1. The highest BCUT2D eigenvalue weighted by Crippen LogP contribution is 2.28. The van der Waals surface area contributed by atoms with Gasteiger partial charge in [0.05, 0.1) is 16.0 Å². The second-order valence-electron chi connectivity index (χ2n) is 5.78. The van der Waals surface area contributed by atoms with Gasteiger partial charge >= 0.3 is 12.1 Å². The molecule has 2 N–H and O–H groups in total. The summed E-state index contributed by atoms with van der Waals surface area (Å²) >= 11 is 11.7. The Bertz CT molecular complexity index is 555. The van der Waals surface area contributed by atoms with E-state index in [-0.39, 0.29) is 13.0 Å². The van der Waals surface area contributed by atoms with Crippen LogP contribution < -0.4 is 5.32 Å². The molecule has 0 saturated heterocycles. The molecule has 0 heterocycles. The summed E-state index contributed by atoms with van der Waals surface area (Å²) < 4.78 is 5.08. The van der Waals surface area contributed by atoms with Crippen LogP contribution in [0.5, 0.6) is 0 Å². The lowest BCUT2D eigenvalue weighted by molar-refractivity contribution is -0.139. The van der Waals surface area contributed by atoms with Gasteiger partial charge in [0.15, 0.2) is 0 Å². The van der Waals surface area contributed by atoms with E-state index in [2.05, 4.69) is 5.32 Å². The molecule has 0 aliphatic rings. The molecule has 0 radical (unpaired) electrons. The highest BCUT2D eigenvalue weighted by atomic mass is 35.5. The first-order valence-electron chi connectivity index (χ1n) is 6.75. The molecule has 1 rings (SSSR count). The molecule has 1 unspecified atom stereocenters. The summed E-state index contributed by atoms with van der Waals surface area (Å²) in [5.74, 6) is -1.78. The van der Waals surface area contributed by atoms with Crippen molar-refractivity contribution in [3.63, 3.8) is 0 Å². The number of nitrogens with one attached hydrogen (secondary N) is 1. The normalized spacial score (nSPS) is 12.6. The number of benzene rings is 1. The van der Waals surface area contributed by atoms with Gasteiger partial charge in [0.2, 0.25) is 0 Å². The quantitative estimate of drug-likeness (QED) is 0.841. The van der Waals surface area contributed by atoms with Gasteiger partial charge in [0.1, 0.15) is 5.60 Å². The molecule has 1 aromatic rings. The summed E-state index contributed by atoms with van der Waals surface area (Å²) in [6, 6.07) is 4.69. The minimum atomic E-state index is -0.996. The van der Waals surface area contributed by atoms with Crippen molar-refractivity contribution >= 4 is 35.3 Å². The van der Waals surface area contributed by atoms with Crippen molar-refractivity contribution in [2.24, 2.45) is 0 Å². The van der Waals surface area contributed by atoms with Crippen molar-refractivity contribution in [2.75, 3.05) is 6.54 Å². The molecule has 0 aliphatic carbocycles. The van der Waals surface area contributed by atoms with Gasteiger partial charge in [-0.15, -0.1) is 0 Å². The summed E-state index contributed by atoms with van der Waals surface area (Å²) in [5.41, 5.74) is -0.0622. The van der Waals surface area contributed by atoms with E-state index in [0.29, 0.717) is 15.6 Å². The highest BCUT2D eigenvalue weighted by molar-refractivity contribution is 6.42. The Labute approximate surface area is 139 Å².